The molecule has 0 aliphatic carbocycles. The van der Waals surface area contributed by atoms with Gasteiger partial charge in [-0.05, 0) is 54.2 Å². The van der Waals surface area contributed by atoms with E-state index in [-0.39, 0.29) is 5.91 Å². The summed E-state index contributed by atoms with van der Waals surface area (Å²) in [6, 6.07) is 2.01. The molecule has 2 N–H and O–H groups in total. The van der Waals surface area contributed by atoms with Crippen LogP contribution < -0.4 is 10.6 Å². The van der Waals surface area contributed by atoms with Gasteiger partial charge in [-0.1, -0.05) is 0 Å². The van der Waals surface area contributed by atoms with Gasteiger partial charge in [0, 0.05) is 6.54 Å². The summed E-state index contributed by atoms with van der Waals surface area (Å²) in [5, 5.41) is 10.4. The monoisotopic (exact) mass is 238 g/mol. The van der Waals surface area contributed by atoms with Gasteiger partial charge >= 0.3 is 0 Å². The Balaban J connectivity index is 1.67. The van der Waals surface area contributed by atoms with Gasteiger partial charge in [-0.15, -0.1) is 0 Å². The number of hydrogen-bond donors (Lipinski definition) is 2. The highest BCUT2D eigenvalue weighted by Crippen LogP contribution is 2.09. The predicted octanol–water partition coefficient (Wildman–Crippen LogP) is 1.41. The van der Waals surface area contributed by atoms with E-state index in [0.29, 0.717) is 12.3 Å². The number of rotatable bonds is 4. The molecule has 1 aromatic heterocycles. The van der Waals surface area contributed by atoms with Crippen LogP contribution in [-0.4, -0.2) is 25.5 Å². The smallest absolute Gasteiger partial charge is 0.224 e. The van der Waals surface area contributed by atoms with Crippen LogP contribution in [0, 0.1) is 5.92 Å². The molecule has 3 nitrogen and oxygen atoms in total. The summed E-state index contributed by atoms with van der Waals surface area (Å²) < 4.78 is 0. The molecule has 4 heteroatoms. The van der Waals surface area contributed by atoms with Gasteiger partial charge in [-0.25, -0.2) is 0 Å². The fraction of sp³-hybridized carbons (Fsp3) is 0.583. The zero-order valence-electron chi connectivity index (χ0n) is 9.37. The third-order valence-corrected chi connectivity index (χ3v) is 3.66. The van der Waals surface area contributed by atoms with Crippen molar-refractivity contribution in [3.8, 4) is 0 Å². The number of amides is 1. The summed E-state index contributed by atoms with van der Waals surface area (Å²) in [7, 11) is 0. The number of hydrogen-bond acceptors (Lipinski definition) is 3. The molecule has 1 amide bonds. The van der Waals surface area contributed by atoms with E-state index >= 15 is 0 Å². The van der Waals surface area contributed by atoms with Gasteiger partial charge in [0.25, 0.3) is 0 Å². The van der Waals surface area contributed by atoms with Crippen LogP contribution in [0.3, 0.4) is 0 Å². The quantitative estimate of drug-likeness (QED) is 0.832. The Kier molecular flexibility index (Phi) is 4.36. The normalized spacial score (nSPS) is 20.6. The van der Waals surface area contributed by atoms with Crippen molar-refractivity contribution >= 4 is 17.2 Å². The summed E-state index contributed by atoms with van der Waals surface area (Å²) in [5.74, 6) is 0.754. The first-order chi connectivity index (χ1) is 7.84. The Morgan fingerprint density at radius 2 is 2.56 bits per heavy atom. The van der Waals surface area contributed by atoms with E-state index in [9.17, 15) is 4.79 Å². The number of thiophene rings is 1. The van der Waals surface area contributed by atoms with Crippen molar-refractivity contribution in [1.29, 1.82) is 0 Å². The lowest BCUT2D eigenvalue weighted by atomic mass is 10.00. The van der Waals surface area contributed by atoms with Crippen molar-refractivity contribution in [2.24, 2.45) is 5.92 Å². The van der Waals surface area contributed by atoms with Gasteiger partial charge in [0.2, 0.25) is 5.91 Å². The third-order valence-electron chi connectivity index (χ3n) is 2.93. The van der Waals surface area contributed by atoms with E-state index < -0.39 is 0 Å². The minimum atomic E-state index is 0.143. The highest BCUT2D eigenvalue weighted by Gasteiger charge is 2.13. The maximum atomic E-state index is 11.6. The first-order valence-corrected chi connectivity index (χ1v) is 6.77. The van der Waals surface area contributed by atoms with Gasteiger partial charge in [0.15, 0.2) is 0 Å². The molecule has 0 bridgehead atoms. The average Bonchev–Trinajstić information content (AvgIpc) is 2.81. The van der Waals surface area contributed by atoms with Crippen molar-refractivity contribution in [3.63, 3.8) is 0 Å². The SMILES string of the molecule is O=C(Cc1ccsc1)NCC1CCCNC1. The van der Waals surface area contributed by atoms with Crippen LogP contribution in [0.4, 0.5) is 0 Å². The van der Waals surface area contributed by atoms with Crippen LogP contribution in [0.2, 0.25) is 0 Å². The molecule has 1 fully saturated rings. The molecular formula is C12H18N2OS. The maximum Gasteiger partial charge on any atom is 0.224 e. The standard InChI is InChI=1S/C12H18N2OS/c15-12(6-10-3-5-16-9-10)14-8-11-2-1-4-13-7-11/h3,5,9,11,13H,1-2,4,6-8H2,(H,14,15). The van der Waals surface area contributed by atoms with Crippen LogP contribution >= 0.6 is 11.3 Å². The average molecular weight is 238 g/mol. The molecule has 1 unspecified atom stereocenters. The lowest BCUT2D eigenvalue weighted by molar-refractivity contribution is -0.120. The third kappa shape index (κ3) is 3.61. The Labute approximate surface area is 100 Å². The fourth-order valence-corrected chi connectivity index (χ4v) is 2.67. The molecule has 1 saturated heterocycles. The molecule has 1 aliphatic heterocycles. The lowest BCUT2D eigenvalue weighted by Gasteiger charge is -2.22. The molecule has 0 aromatic carbocycles. The first-order valence-electron chi connectivity index (χ1n) is 5.83. The highest BCUT2D eigenvalue weighted by molar-refractivity contribution is 7.07. The summed E-state index contributed by atoms with van der Waals surface area (Å²) >= 11 is 1.64. The molecule has 0 spiro atoms. The molecule has 0 radical (unpaired) electrons. The van der Waals surface area contributed by atoms with Gasteiger partial charge in [0.1, 0.15) is 0 Å². The van der Waals surface area contributed by atoms with Crippen LogP contribution in [0.1, 0.15) is 18.4 Å². The molecule has 2 heterocycles. The van der Waals surface area contributed by atoms with Gasteiger partial charge in [0.05, 0.1) is 6.42 Å². The number of carbonyl (C=O) groups is 1. The zero-order valence-corrected chi connectivity index (χ0v) is 10.2. The van der Waals surface area contributed by atoms with E-state index in [2.05, 4.69) is 10.6 Å². The van der Waals surface area contributed by atoms with Gasteiger partial charge in [-0.2, -0.15) is 11.3 Å². The predicted molar refractivity (Wildman–Crippen MR) is 66.6 cm³/mol. The molecule has 1 aliphatic rings. The van der Waals surface area contributed by atoms with Crippen LogP contribution in [0.25, 0.3) is 0 Å². The van der Waals surface area contributed by atoms with Gasteiger partial charge in [-0.3, -0.25) is 4.79 Å². The molecule has 2 rings (SSSR count). The largest absolute Gasteiger partial charge is 0.355 e. The Morgan fingerprint density at radius 3 is 3.25 bits per heavy atom. The summed E-state index contributed by atoms with van der Waals surface area (Å²) in [6.45, 7) is 2.98. The van der Waals surface area contributed by atoms with Crippen molar-refractivity contribution in [1.82, 2.24) is 10.6 Å². The van der Waals surface area contributed by atoms with Crippen molar-refractivity contribution < 1.29 is 4.79 Å². The molecular weight excluding hydrogens is 220 g/mol. The molecule has 88 valence electrons. The number of carbonyl (C=O) groups excluding carboxylic acids is 1. The van der Waals surface area contributed by atoms with Crippen molar-refractivity contribution in [2.45, 2.75) is 19.3 Å². The topological polar surface area (TPSA) is 41.1 Å². The van der Waals surface area contributed by atoms with Crippen molar-refractivity contribution in [2.75, 3.05) is 19.6 Å². The molecule has 0 saturated carbocycles. The minimum absolute atomic E-state index is 0.143. The summed E-state index contributed by atoms with van der Waals surface area (Å²) in [5.41, 5.74) is 1.12. The Morgan fingerprint density at radius 1 is 1.62 bits per heavy atom. The highest BCUT2D eigenvalue weighted by atomic mass is 32.1. The van der Waals surface area contributed by atoms with E-state index in [4.69, 9.17) is 0 Å². The van der Waals surface area contributed by atoms with Crippen LogP contribution in [0.15, 0.2) is 16.8 Å². The number of nitrogens with one attached hydrogen (secondary N) is 2. The molecule has 1 atom stereocenters. The second kappa shape index (κ2) is 6.01. The van der Waals surface area contributed by atoms with E-state index in [0.717, 1.165) is 25.2 Å². The van der Waals surface area contributed by atoms with Crippen LogP contribution in [0.5, 0.6) is 0 Å². The zero-order chi connectivity index (χ0) is 11.2. The Hall–Kier alpha value is -0.870. The molecule has 16 heavy (non-hydrogen) atoms. The van der Waals surface area contributed by atoms with E-state index in [1.807, 2.05) is 16.8 Å². The fourth-order valence-electron chi connectivity index (χ4n) is 2.00. The first kappa shape index (κ1) is 11.6. The minimum Gasteiger partial charge on any atom is -0.355 e. The summed E-state index contributed by atoms with van der Waals surface area (Å²) in [4.78, 5) is 11.6. The van der Waals surface area contributed by atoms with Gasteiger partial charge < -0.3 is 10.6 Å². The number of piperidine rings is 1. The second-order valence-corrected chi connectivity index (χ2v) is 5.10. The molecule has 1 aromatic rings. The Bertz CT molecular complexity index is 318. The summed E-state index contributed by atoms with van der Waals surface area (Å²) in [6.07, 6.45) is 2.97. The second-order valence-electron chi connectivity index (χ2n) is 4.32. The van der Waals surface area contributed by atoms with E-state index in [1.165, 1.54) is 12.8 Å². The van der Waals surface area contributed by atoms with E-state index in [1.54, 1.807) is 11.3 Å². The van der Waals surface area contributed by atoms with Crippen LogP contribution in [-0.2, 0) is 11.2 Å². The maximum absolute atomic E-state index is 11.6. The van der Waals surface area contributed by atoms with Crippen molar-refractivity contribution in [3.05, 3.63) is 22.4 Å². The lowest BCUT2D eigenvalue weighted by Crippen LogP contribution is -2.38.